The first-order valence-corrected chi connectivity index (χ1v) is 4.27. The fourth-order valence-electron chi connectivity index (χ4n) is 2.78. The van der Waals surface area contributed by atoms with E-state index in [1.54, 1.807) is 0 Å². The molecule has 4 atom stereocenters. The van der Waals surface area contributed by atoms with Gasteiger partial charge in [-0.25, -0.2) is 0 Å². The quantitative estimate of drug-likeness (QED) is 0.461. The SMILES string of the molecule is C1=CC2C3CCC(O3)C2C1. The van der Waals surface area contributed by atoms with Crippen molar-refractivity contribution in [3.8, 4) is 0 Å². The van der Waals surface area contributed by atoms with Crippen molar-refractivity contribution in [1.29, 1.82) is 0 Å². The van der Waals surface area contributed by atoms with Gasteiger partial charge in [0, 0.05) is 5.92 Å². The lowest BCUT2D eigenvalue weighted by molar-refractivity contribution is 0.0889. The molecule has 2 saturated heterocycles. The molecular weight excluding hydrogens is 124 g/mol. The van der Waals surface area contributed by atoms with Gasteiger partial charge in [0.15, 0.2) is 0 Å². The van der Waals surface area contributed by atoms with Crippen LogP contribution in [0.2, 0.25) is 0 Å². The first kappa shape index (κ1) is 5.36. The van der Waals surface area contributed by atoms with Crippen LogP contribution in [0.4, 0.5) is 0 Å². The molecule has 0 amide bonds. The number of hydrogen-bond acceptors (Lipinski definition) is 1. The zero-order valence-corrected chi connectivity index (χ0v) is 5.99. The van der Waals surface area contributed by atoms with Crippen LogP contribution in [-0.2, 0) is 4.74 Å². The highest BCUT2D eigenvalue weighted by atomic mass is 16.5. The molecule has 0 radical (unpaired) electrons. The largest absolute Gasteiger partial charge is 0.374 e. The van der Waals surface area contributed by atoms with Crippen LogP contribution in [0.25, 0.3) is 0 Å². The van der Waals surface area contributed by atoms with Gasteiger partial charge in [0.2, 0.25) is 0 Å². The Morgan fingerprint density at radius 2 is 2.10 bits per heavy atom. The van der Waals surface area contributed by atoms with E-state index in [9.17, 15) is 0 Å². The maximum absolute atomic E-state index is 5.79. The Labute approximate surface area is 61.1 Å². The van der Waals surface area contributed by atoms with Gasteiger partial charge < -0.3 is 4.74 Å². The van der Waals surface area contributed by atoms with Crippen molar-refractivity contribution in [2.24, 2.45) is 11.8 Å². The molecule has 2 bridgehead atoms. The van der Waals surface area contributed by atoms with E-state index in [1.807, 2.05) is 0 Å². The van der Waals surface area contributed by atoms with Crippen LogP contribution in [0.1, 0.15) is 19.3 Å². The molecule has 10 heavy (non-hydrogen) atoms. The predicted octanol–water partition coefficient (Wildman–Crippen LogP) is 1.74. The molecule has 2 heterocycles. The lowest BCUT2D eigenvalue weighted by atomic mass is 9.82. The van der Waals surface area contributed by atoms with Crippen LogP contribution >= 0.6 is 0 Å². The van der Waals surface area contributed by atoms with Crippen molar-refractivity contribution in [2.45, 2.75) is 31.5 Å². The highest BCUT2D eigenvalue weighted by molar-refractivity contribution is 5.12. The van der Waals surface area contributed by atoms with Crippen molar-refractivity contribution in [3.05, 3.63) is 12.2 Å². The van der Waals surface area contributed by atoms with E-state index in [-0.39, 0.29) is 0 Å². The minimum Gasteiger partial charge on any atom is -0.374 e. The number of ether oxygens (including phenoxy) is 1. The lowest BCUT2D eigenvalue weighted by Gasteiger charge is -2.19. The average Bonchev–Trinajstić information content (AvgIpc) is 2.60. The molecule has 0 saturated carbocycles. The van der Waals surface area contributed by atoms with Crippen LogP contribution in [0.5, 0.6) is 0 Å². The van der Waals surface area contributed by atoms with Gasteiger partial charge in [0.05, 0.1) is 12.2 Å². The number of hydrogen-bond donors (Lipinski definition) is 0. The molecule has 3 rings (SSSR count). The first-order chi connectivity index (χ1) is 4.95. The Kier molecular flexibility index (Phi) is 0.883. The number of rotatable bonds is 0. The maximum atomic E-state index is 5.79. The van der Waals surface area contributed by atoms with Gasteiger partial charge in [0.25, 0.3) is 0 Å². The number of fused-ring (bicyclic) bond motifs is 5. The van der Waals surface area contributed by atoms with Crippen LogP contribution in [0.15, 0.2) is 12.2 Å². The van der Waals surface area contributed by atoms with Crippen molar-refractivity contribution >= 4 is 0 Å². The first-order valence-electron chi connectivity index (χ1n) is 4.27. The average molecular weight is 136 g/mol. The van der Waals surface area contributed by atoms with E-state index >= 15 is 0 Å². The summed E-state index contributed by atoms with van der Waals surface area (Å²) in [5.74, 6) is 1.68. The van der Waals surface area contributed by atoms with E-state index < -0.39 is 0 Å². The van der Waals surface area contributed by atoms with Crippen LogP contribution in [0.3, 0.4) is 0 Å². The zero-order chi connectivity index (χ0) is 6.55. The van der Waals surface area contributed by atoms with Crippen molar-refractivity contribution in [2.75, 3.05) is 0 Å². The molecule has 0 N–H and O–H groups in total. The second-order valence-corrected chi connectivity index (χ2v) is 3.70. The van der Waals surface area contributed by atoms with Crippen LogP contribution < -0.4 is 0 Å². The molecule has 54 valence electrons. The standard InChI is InChI=1S/C9H12O/c1-2-6-7(3-1)9-5-4-8(6)10-9/h1-2,6-9H,3-5H2. The minimum atomic E-state index is 0.605. The normalized spacial score (nSPS) is 56.0. The molecule has 2 aliphatic heterocycles. The van der Waals surface area contributed by atoms with Crippen molar-refractivity contribution in [3.63, 3.8) is 0 Å². The summed E-state index contributed by atoms with van der Waals surface area (Å²) in [6.45, 7) is 0. The summed E-state index contributed by atoms with van der Waals surface area (Å²) in [6.07, 6.45) is 9.87. The van der Waals surface area contributed by atoms with Crippen molar-refractivity contribution < 1.29 is 4.74 Å². The Bertz CT molecular complexity index is 185. The molecule has 4 unspecified atom stereocenters. The zero-order valence-electron chi connectivity index (χ0n) is 5.99. The van der Waals surface area contributed by atoms with E-state index in [2.05, 4.69) is 12.2 Å². The van der Waals surface area contributed by atoms with Gasteiger partial charge in [-0.3, -0.25) is 0 Å². The Balaban J connectivity index is 1.97. The van der Waals surface area contributed by atoms with E-state index in [1.165, 1.54) is 19.3 Å². The summed E-state index contributed by atoms with van der Waals surface area (Å²) in [6, 6.07) is 0. The molecule has 2 fully saturated rings. The van der Waals surface area contributed by atoms with Gasteiger partial charge in [-0.2, -0.15) is 0 Å². The molecule has 1 aliphatic carbocycles. The van der Waals surface area contributed by atoms with E-state index in [0.29, 0.717) is 12.2 Å². The summed E-state index contributed by atoms with van der Waals surface area (Å²) < 4.78 is 5.79. The van der Waals surface area contributed by atoms with Crippen LogP contribution in [0, 0.1) is 11.8 Å². The van der Waals surface area contributed by atoms with E-state index in [0.717, 1.165) is 11.8 Å². The topological polar surface area (TPSA) is 9.23 Å². The van der Waals surface area contributed by atoms with Gasteiger partial charge in [-0.05, 0) is 25.2 Å². The van der Waals surface area contributed by atoms with Gasteiger partial charge in [-0.1, -0.05) is 12.2 Å². The van der Waals surface area contributed by atoms with Gasteiger partial charge in [-0.15, -0.1) is 0 Å². The smallest absolute Gasteiger partial charge is 0.0646 e. The van der Waals surface area contributed by atoms with E-state index in [4.69, 9.17) is 4.74 Å². The minimum absolute atomic E-state index is 0.605. The highest BCUT2D eigenvalue weighted by Gasteiger charge is 2.48. The summed E-state index contributed by atoms with van der Waals surface area (Å²) in [7, 11) is 0. The summed E-state index contributed by atoms with van der Waals surface area (Å²) in [5.41, 5.74) is 0. The molecule has 1 nitrogen and oxygen atoms in total. The van der Waals surface area contributed by atoms with Gasteiger partial charge in [0.1, 0.15) is 0 Å². The molecule has 0 spiro atoms. The Morgan fingerprint density at radius 1 is 1.20 bits per heavy atom. The third-order valence-corrected chi connectivity index (χ3v) is 3.25. The highest BCUT2D eigenvalue weighted by Crippen LogP contribution is 2.48. The maximum Gasteiger partial charge on any atom is 0.0646 e. The summed E-state index contributed by atoms with van der Waals surface area (Å²) in [5, 5.41) is 0. The monoisotopic (exact) mass is 136 g/mol. The summed E-state index contributed by atoms with van der Waals surface area (Å²) in [4.78, 5) is 0. The Morgan fingerprint density at radius 3 is 3.00 bits per heavy atom. The third-order valence-electron chi connectivity index (χ3n) is 3.25. The second-order valence-electron chi connectivity index (χ2n) is 3.70. The molecular formula is C9H12O. The fraction of sp³-hybridized carbons (Fsp3) is 0.778. The fourth-order valence-corrected chi connectivity index (χ4v) is 2.78. The molecule has 0 aromatic carbocycles. The summed E-state index contributed by atoms with van der Waals surface area (Å²) >= 11 is 0. The molecule has 3 aliphatic rings. The lowest BCUT2D eigenvalue weighted by Crippen LogP contribution is -2.21. The van der Waals surface area contributed by atoms with Crippen molar-refractivity contribution in [1.82, 2.24) is 0 Å². The number of allylic oxidation sites excluding steroid dienone is 1. The third kappa shape index (κ3) is 0.485. The Hall–Kier alpha value is -0.300. The second kappa shape index (κ2) is 1.65. The molecule has 0 aromatic rings. The van der Waals surface area contributed by atoms with Gasteiger partial charge >= 0.3 is 0 Å². The van der Waals surface area contributed by atoms with Crippen LogP contribution in [-0.4, -0.2) is 12.2 Å². The predicted molar refractivity (Wildman–Crippen MR) is 38.6 cm³/mol. The molecule has 0 aromatic heterocycles. The molecule has 1 heteroatoms.